The minimum atomic E-state index is -1.05. The largest absolute Gasteiger partial charge is 0.370 e. The molecule has 1 saturated carbocycles. The van der Waals surface area contributed by atoms with Crippen LogP contribution >= 0.6 is 0 Å². The highest BCUT2D eigenvalue weighted by atomic mass is 16.2. The number of Topliss-reactive ketones (excluding diaryl/α,β-unsaturated/α-hetero) is 1. The van der Waals surface area contributed by atoms with Crippen LogP contribution in [0.25, 0.3) is 0 Å². The van der Waals surface area contributed by atoms with Crippen LogP contribution in [-0.4, -0.2) is 47.0 Å². The van der Waals surface area contributed by atoms with Crippen molar-refractivity contribution in [3.05, 3.63) is 11.1 Å². The number of amides is 4. The predicted octanol–water partition coefficient (Wildman–Crippen LogP) is 3.88. The summed E-state index contributed by atoms with van der Waals surface area (Å²) in [6, 6.07) is -1.44. The summed E-state index contributed by atoms with van der Waals surface area (Å²) in [5, 5.41) is 8.32. The molecule has 5 N–H and O–H groups in total. The van der Waals surface area contributed by atoms with Gasteiger partial charge in [-0.25, -0.2) is 0 Å². The lowest BCUT2D eigenvalue weighted by molar-refractivity contribution is -0.131. The first kappa shape index (κ1) is 32.5. The van der Waals surface area contributed by atoms with Crippen LogP contribution in [0.2, 0.25) is 0 Å². The first-order valence-corrected chi connectivity index (χ1v) is 15.0. The highest BCUT2D eigenvalue weighted by Gasteiger charge is 2.52. The van der Waals surface area contributed by atoms with Crippen LogP contribution in [0.1, 0.15) is 130 Å². The maximum Gasteiger partial charge on any atom is 0.255 e. The van der Waals surface area contributed by atoms with E-state index in [-0.39, 0.29) is 47.6 Å². The summed E-state index contributed by atoms with van der Waals surface area (Å²) in [6.45, 7) is 5.80. The van der Waals surface area contributed by atoms with Crippen molar-refractivity contribution in [2.24, 2.45) is 5.73 Å². The van der Waals surface area contributed by atoms with E-state index in [1.54, 1.807) is 6.92 Å². The van der Waals surface area contributed by atoms with E-state index in [1.807, 2.05) is 6.92 Å². The van der Waals surface area contributed by atoms with Gasteiger partial charge in [-0.15, -0.1) is 0 Å². The minimum Gasteiger partial charge on any atom is -0.370 e. The van der Waals surface area contributed by atoms with Gasteiger partial charge in [0.15, 0.2) is 5.78 Å². The van der Waals surface area contributed by atoms with Crippen molar-refractivity contribution >= 4 is 29.4 Å². The number of hydrogen-bond donors (Lipinski definition) is 4. The number of carbonyl (C=O) groups excluding carboxylic acids is 5. The molecule has 0 radical (unpaired) electrons. The number of ketones is 1. The fourth-order valence-electron chi connectivity index (χ4n) is 5.26. The van der Waals surface area contributed by atoms with Crippen LogP contribution in [0.4, 0.5) is 0 Å². The van der Waals surface area contributed by atoms with Gasteiger partial charge in [-0.05, 0) is 45.1 Å². The van der Waals surface area contributed by atoms with Crippen molar-refractivity contribution in [1.29, 1.82) is 0 Å². The lowest BCUT2D eigenvalue weighted by atomic mass is 9.98. The minimum absolute atomic E-state index is 0.114. The number of rotatable bonds is 21. The van der Waals surface area contributed by atoms with E-state index in [0.717, 1.165) is 37.7 Å². The van der Waals surface area contributed by atoms with Gasteiger partial charge in [0.05, 0.1) is 17.5 Å². The summed E-state index contributed by atoms with van der Waals surface area (Å²) in [7, 11) is 0. The van der Waals surface area contributed by atoms with Gasteiger partial charge in [-0.3, -0.25) is 24.0 Å². The Morgan fingerprint density at radius 2 is 1.46 bits per heavy atom. The monoisotopic (exact) mass is 546 g/mol. The Balaban J connectivity index is 1.67. The van der Waals surface area contributed by atoms with Gasteiger partial charge in [0, 0.05) is 18.9 Å². The van der Waals surface area contributed by atoms with Crippen molar-refractivity contribution in [3.63, 3.8) is 0 Å². The van der Waals surface area contributed by atoms with E-state index < -0.39 is 17.9 Å². The molecule has 9 heteroatoms. The number of primary amides is 1. The van der Waals surface area contributed by atoms with Crippen molar-refractivity contribution in [1.82, 2.24) is 16.0 Å². The Morgan fingerprint density at radius 1 is 0.897 bits per heavy atom. The average molecular weight is 547 g/mol. The molecule has 0 unspecified atom stereocenters. The van der Waals surface area contributed by atoms with Crippen LogP contribution in [0.3, 0.4) is 0 Å². The van der Waals surface area contributed by atoms with E-state index in [9.17, 15) is 24.0 Å². The summed E-state index contributed by atoms with van der Waals surface area (Å²) in [5.74, 6) is -2.01. The second-order valence-electron chi connectivity index (χ2n) is 11.5. The molecule has 39 heavy (non-hydrogen) atoms. The molecule has 9 nitrogen and oxygen atoms in total. The van der Waals surface area contributed by atoms with E-state index in [0.29, 0.717) is 12.8 Å². The average Bonchev–Trinajstić information content (AvgIpc) is 3.60. The van der Waals surface area contributed by atoms with E-state index in [2.05, 4.69) is 22.9 Å². The Bertz CT molecular complexity index is 909. The summed E-state index contributed by atoms with van der Waals surface area (Å²) >= 11 is 0. The second kappa shape index (κ2) is 16.4. The van der Waals surface area contributed by atoms with Gasteiger partial charge in [0.25, 0.3) is 5.91 Å². The van der Waals surface area contributed by atoms with Gasteiger partial charge < -0.3 is 21.7 Å². The molecule has 1 aliphatic carbocycles. The molecule has 0 saturated heterocycles. The topological polar surface area (TPSA) is 147 Å². The zero-order chi connectivity index (χ0) is 28.8. The third-order valence-corrected chi connectivity index (χ3v) is 7.96. The highest BCUT2D eigenvalue weighted by molar-refractivity contribution is 6.22. The smallest absolute Gasteiger partial charge is 0.255 e. The first-order chi connectivity index (χ1) is 18.6. The standard InChI is InChI=1S/C30H50N4O5/c1-4-5-6-7-8-9-10-11-12-13-14-15-26(37)33-23(20-25(31)36)28(38)32-21(2)16-17-24(35)27-22(3)30(18-19-30)34-29(27)39/h21,23H,4-20H2,1-3H3,(H2,31,36)(H,32,38)(H,33,37)(H,34,39)/t21-,23+/m0/s1. The van der Waals surface area contributed by atoms with Crippen molar-refractivity contribution in [3.8, 4) is 0 Å². The molecule has 0 aromatic heterocycles. The lowest BCUT2D eigenvalue weighted by Gasteiger charge is -2.20. The molecule has 2 atom stereocenters. The third-order valence-electron chi connectivity index (χ3n) is 7.96. The molecule has 2 aliphatic rings. The van der Waals surface area contributed by atoms with Gasteiger partial charge in [-0.1, -0.05) is 71.1 Å². The molecule has 0 aromatic carbocycles. The summed E-state index contributed by atoms with van der Waals surface area (Å²) < 4.78 is 0. The summed E-state index contributed by atoms with van der Waals surface area (Å²) in [4.78, 5) is 61.7. The first-order valence-electron chi connectivity index (χ1n) is 15.0. The lowest BCUT2D eigenvalue weighted by Crippen LogP contribution is -2.50. The Hall–Kier alpha value is -2.71. The highest BCUT2D eigenvalue weighted by Crippen LogP contribution is 2.47. The van der Waals surface area contributed by atoms with Gasteiger partial charge in [0.2, 0.25) is 17.7 Å². The molecule has 1 aliphatic heterocycles. The molecule has 220 valence electrons. The molecule has 1 spiro atoms. The van der Waals surface area contributed by atoms with Crippen molar-refractivity contribution in [2.45, 2.75) is 148 Å². The number of carbonyl (C=O) groups is 5. The molecule has 2 rings (SSSR count). The Labute approximate surface area is 233 Å². The van der Waals surface area contributed by atoms with Crippen molar-refractivity contribution in [2.75, 3.05) is 0 Å². The molecule has 0 bridgehead atoms. The number of unbranched alkanes of at least 4 members (excludes halogenated alkanes) is 10. The normalized spacial score (nSPS) is 17.1. The molecule has 1 fully saturated rings. The summed E-state index contributed by atoms with van der Waals surface area (Å²) in [5.41, 5.74) is 6.06. The second-order valence-corrected chi connectivity index (χ2v) is 11.5. The summed E-state index contributed by atoms with van der Waals surface area (Å²) in [6.07, 6.45) is 15.2. The van der Waals surface area contributed by atoms with Gasteiger partial charge in [-0.2, -0.15) is 0 Å². The maximum atomic E-state index is 12.8. The number of nitrogens with two attached hydrogens (primary N) is 1. The van der Waals surface area contributed by atoms with E-state index >= 15 is 0 Å². The van der Waals surface area contributed by atoms with E-state index in [4.69, 9.17) is 5.73 Å². The molecular weight excluding hydrogens is 496 g/mol. The molecule has 4 amide bonds. The van der Waals surface area contributed by atoms with Crippen molar-refractivity contribution < 1.29 is 24.0 Å². The SMILES string of the molecule is CCCCCCCCCCCCCC(=O)N[C@H](CC(N)=O)C(=O)N[C@@H](C)CCC(=O)C1=C(C)C2(CC2)NC1=O. The van der Waals surface area contributed by atoms with Gasteiger partial charge >= 0.3 is 0 Å². The van der Waals surface area contributed by atoms with Crippen LogP contribution in [0, 0.1) is 0 Å². The van der Waals surface area contributed by atoms with Gasteiger partial charge in [0.1, 0.15) is 6.04 Å². The molecular formula is C30H50N4O5. The van der Waals surface area contributed by atoms with E-state index in [1.165, 1.54) is 51.4 Å². The Kier molecular flexibility index (Phi) is 13.7. The third kappa shape index (κ3) is 11.1. The molecule has 0 aromatic rings. The van der Waals surface area contributed by atoms with Crippen LogP contribution in [0.15, 0.2) is 11.1 Å². The van der Waals surface area contributed by atoms with Crippen LogP contribution in [-0.2, 0) is 24.0 Å². The quantitative estimate of drug-likeness (QED) is 0.127. The molecule has 1 heterocycles. The zero-order valence-electron chi connectivity index (χ0n) is 24.3. The zero-order valence-corrected chi connectivity index (χ0v) is 24.3. The fraction of sp³-hybridized carbons (Fsp3) is 0.767. The van der Waals surface area contributed by atoms with Crippen LogP contribution < -0.4 is 21.7 Å². The number of nitrogens with one attached hydrogen (secondary N) is 3. The maximum absolute atomic E-state index is 12.8. The predicted molar refractivity (Wildman–Crippen MR) is 151 cm³/mol. The van der Waals surface area contributed by atoms with Crippen LogP contribution in [0.5, 0.6) is 0 Å². The fourth-order valence-corrected chi connectivity index (χ4v) is 5.26. The number of hydrogen-bond acceptors (Lipinski definition) is 5. The Morgan fingerprint density at radius 3 is 1.97 bits per heavy atom.